The maximum atomic E-state index is 13.4. The number of likely N-dealkylation sites (tertiary alicyclic amines) is 2. The van der Waals surface area contributed by atoms with Gasteiger partial charge < -0.3 is 25.0 Å². The highest BCUT2D eigenvalue weighted by atomic mass is 35.5. The lowest BCUT2D eigenvalue weighted by Crippen LogP contribution is -2.48. The van der Waals surface area contributed by atoms with E-state index in [4.69, 9.17) is 27.9 Å². The fourth-order valence-electron chi connectivity index (χ4n) is 5.57. The summed E-state index contributed by atoms with van der Waals surface area (Å²) < 4.78 is 5.89. The monoisotopic (exact) mass is 560 g/mol. The number of aliphatic hydroxyl groups is 1. The summed E-state index contributed by atoms with van der Waals surface area (Å²) >= 11 is 12.6. The number of nitrogens with one attached hydrogen (secondary N) is 1. The summed E-state index contributed by atoms with van der Waals surface area (Å²) in [5, 5.41) is 15.8. The molecule has 2 aromatic carbocycles. The Morgan fingerprint density at radius 1 is 1.00 bits per heavy atom. The van der Waals surface area contributed by atoms with Gasteiger partial charge in [0, 0.05) is 36.9 Å². The van der Waals surface area contributed by atoms with E-state index >= 15 is 0 Å². The van der Waals surface area contributed by atoms with Crippen molar-refractivity contribution in [1.82, 2.24) is 15.1 Å². The van der Waals surface area contributed by atoms with Crippen LogP contribution in [0.25, 0.3) is 0 Å². The molecule has 1 amide bonds. The van der Waals surface area contributed by atoms with Gasteiger partial charge in [0.05, 0.1) is 17.0 Å². The van der Waals surface area contributed by atoms with Crippen LogP contribution in [-0.2, 0) is 4.79 Å². The van der Waals surface area contributed by atoms with Crippen molar-refractivity contribution in [3.05, 3.63) is 58.1 Å². The van der Waals surface area contributed by atoms with Gasteiger partial charge in [-0.25, -0.2) is 0 Å². The maximum absolute atomic E-state index is 13.4. The van der Waals surface area contributed by atoms with Crippen LogP contribution < -0.4 is 15.0 Å². The summed E-state index contributed by atoms with van der Waals surface area (Å²) in [6.07, 6.45) is 3.44. The number of ether oxygens (including phenoxy) is 1. The molecule has 3 saturated heterocycles. The van der Waals surface area contributed by atoms with E-state index in [9.17, 15) is 9.90 Å². The van der Waals surface area contributed by atoms with Gasteiger partial charge in [0.25, 0.3) is 0 Å². The van der Waals surface area contributed by atoms with Gasteiger partial charge in [-0.2, -0.15) is 0 Å². The Bertz CT molecular complexity index is 1080. The van der Waals surface area contributed by atoms with Gasteiger partial charge in [-0.05, 0) is 93.8 Å². The van der Waals surface area contributed by atoms with Crippen molar-refractivity contribution in [2.24, 2.45) is 5.92 Å². The molecule has 3 fully saturated rings. The van der Waals surface area contributed by atoms with Gasteiger partial charge in [-0.1, -0.05) is 29.3 Å². The summed E-state index contributed by atoms with van der Waals surface area (Å²) in [6, 6.07) is 12.8. The van der Waals surface area contributed by atoms with E-state index in [2.05, 4.69) is 20.0 Å². The first-order chi connectivity index (χ1) is 18.5. The Kier molecular flexibility index (Phi) is 9.33. The summed E-state index contributed by atoms with van der Waals surface area (Å²) in [5.74, 6) is 0.475. The van der Waals surface area contributed by atoms with Crippen molar-refractivity contribution in [2.75, 3.05) is 63.9 Å². The lowest BCUT2D eigenvalue weighted by atomic mass is 10.00. The number of nitrogens with zero attached hydrogens (tertiary/aromatic N) is 3. The van der Waals surface area contributed by atoms with Crippen LogP contribution in [0.3, 0.4) is 0 Å². The maximum Gasteiger partial charge on any atom is 0.225 e. The van der Waals surface area contributed by atoms with Gasteiger partial charge >= 0.3 is 0 Å². The molecule has 0 aliphatic carbocycles. The minimum Gasteiger partial charge on any atom is -0.491 e. The van der Waals surface area contributed by atoms with Crippen molar-refractivity contribution < 1.29 is 14.6 Å². The van der Waals surface area contributed by atoms with Gasteiger partial charge in [0.1, 0.15) is 18.5 Å². The molecule has 0 spiro atoms. The van der Waals surface area contributed by atoms with E-state index in [0.717, 1.165) is 64.2 Å². The fraction of sp³-hybridized carbons (Fsp3) is 0.552. The lowest BCUT2D eigenvalue weighted by Gasteiger charge is -2.30. The zero-order chi connectivity index (χ0) is 26.5. The van der Waals surface area contributed by atoms with E-state index in [-0.39, 0.29) is 11.8 Å². The Morgan fingerprint density at radius 3 is 2.42 bits per heavy atom. The molecule has 3 atom stereocenters. The lowest BCUT2D eigenvalue weighted by molar-refractivity contribution is -0.126. The zero-order valence-electron chi connectivity index (χ0n) is 21.8. The number of halogens is 2. The Morgan fingerprint density at radius 2 is 1.74 bits per heavy atom. The minimum absolute atomic E-state index is 0.0123. The third-order valence-corrected chi connectivity index (χ3v) is 8.57. The van der Waals surface area contributed by atoms with Crippen LogP contribution in [-0.4, -0.2) is 85.8 Å². The van der Waals surface area contributed by atoms with Crippen molar-refractivity contribution >= 4 is 34.8 Å². The molecule has 0 aromatic heterocycles. The second kappa shape index (κ2) is 12.9. The van der Waals surface area contributed by atoms with Gasteiger partial charge in [0.15, 0.2) is 0 Å². The molecular weight excluding hydrogens is 523 g/mol. The Hall–Kier alpha value is -2.03. The Labute approximate surface area is 235 Å². The van der Waals surface area contributed by atoms with Crippen LogP contribution in [0.1, 0.15) is 37.4 Å². The molecule has 2 N–H and O–H groups in total. The van der Waals surface area contributed by atoms with Crippen LogP contribution in [0.15, 0.2) is 42.5 Å². The average molecular weight is 562 g/mol. The van der Waals surface area contributed by atoms with Crippen LogP contribution in [0.5, 0.6) is 5.75 Å². The van der Waals surface area contributed by atoms with Crippen LogP contribution >= 0.6 is 23.2 Å². The highest BCUT2D eigenvalue weighted by Gasteiger charge is 2.33. The SMILES string of the molecule is O=C(N[C@H](CN1CCCC1)[C@H](O)c1ccc(OCCN2CCC2)c(Cl)c1)[C@H]1CCN(c2ccc(Cl)cc2)C1. The van der Waals surface area contributed by atoms with Crippen molar-refractivity contribution in [3.63, 3.8) is 0 Å². The van der Waals surface area contributed by atoms with E-state index < -0.39 is 12.1 Å². The van der Waals surface area contributed by atoms with Crippen LogP contribution in [0, 0.1) is 5.92 Å². The molecule has 0 saturated carbocycles. The molecule has 2 aromatic rings. The first-order valence-corrected chi connectivity index (χ1v) is 14.6. The van der Waals surface area contributed by atoms with Crippen molar-refractivity contribution in [2.45, 2.75) is 37.8 Å². The van der Waals surface area contributed by atoms with E-state index in [1.807, 2.05) is 36.4 Å². The summed E-state index contributed by atoms with van der Waals surface area (Å²) in [6.45, 7) is 7.77. The first-order valence-electron chi connectivity index (χ1n) is 13.8. The predicted molar refractivity (Wildman–Crippen MR) is 152 cm³/mol. The number of amides is 1. The van der Waals surface area contributed by atoms with Gasteiger partial charge in [-0.3, -0.25) is 9.69 Å². The molecule has 206 valence electrons. The number of hydrogen-bond donors (Lipinski definition) is 2. The predicted octanol–water partition coefficient (Wildman–Crippen LogP) is 4.22. The minimum atomic E-state index is -0.874. The van der Waals surface area contributed by atoms with Crippen molar-refractivity contribution in [3.8, 4) is 5.75 Å². The molecular formula is C29H38Cl2N4O3. The molecule has 3 heterocycles. The van der Waals surface area contributed by atoms with Crippen molar-refractivity contribution in [1.29, 1.82) is 0 Å². The number of benzene rings is 2. The quantitative estimate of drug-likeness (QED) is 0.429. The number of rotatable bonds is 11. The van der Waals surface area contributed by atoms with E-state index in [1.165, 1.54) is 6.42 Å². The second-order valence-electron chi connectivity index (χ2n) is 10.7. The topological polar surface area (TPSA) is 68.3 Å². The van der Waals surface area contributed by atoms with Gasteiger partial charge in [-0.15, -0.1) is 0 Å². The highest BCUT2D eigenvalue weighted by Crippen LogP contribution is 2.31. The number of anilines is 1. The summed E-state index contributed by atoms with van der Waals surface area (Å²) in [7, 11) is 0. The number of aliphatic hydroxyl groups excluding tert-OH is 1. The summed E-state index contributed by atoms with van der Waals surface area (Å²) in [4.78, 5) is 20.3. The molecule has 3 aliphatic heterocycles. The normalized spacial score (nSPS) is 21.8. The van der Waals surface area contributed by atoms with Gasteiger partial charge in [0.2, 0.25) is 5.91 Å². The molecule has 38 heavy (non-hydrogen) atoms. The van der Waals surface area contributed by atoms with Crippen LogP contribution in [0.2, 0.25) is 10.0 Å². The average Bonchev–Trinajstić information content (AvgIpc) is 3.58. The van der Waals surface area contributed by atoms with E-state index in [0.29, 0.717) is 41.1 Å². The number of carbonyl (C=O) groups excluding carboxylic acids is 1. The fourth-order valence-corrected chi connectivity index (χ4v) is 5.94. The molecule has 0 unspecified atom stereocenters. The van der Waals surface area contributed by atoms with E-state index in [1.54, 1.807) is 6.07 Å². The molecule has 0 radical (unpaired) electrons. The third kappa shape index (κ3) is 6.93. The smallest absolute Gasteiger partial charge is 0.225 e. The molecule has 9 heteroatoms. The zero-order valence-corrected chi connectivity index (χ0v) is 23.3. The molecule has 3 aliphatic rings. The largest absolute Gasteiger partial charge is 0.491 e. The standard InChI is InChI=1S/C29H38Cl2N4O3/c30-23-5-7-24(8-6-23)35-15-10-22(19-35)29(37)32-26(20-34-11-1-2-12-34)28(36)21-4-9-27(25(31)18-21)38-17-16-33-13-3-14-33/h4-9,18,22,26,28,36H,1-3,10-17,19-20H2,(H,32,37)/t22-,26+,28+/m0/s1. The molecule has 7 nitrogen and oxygen atoms in total. The Balaban J connectivity index is 1.22. The number of carbonyl (C=O) groups is 1. The molecule has 5 rings (SSSR count). The van der Waals surface area contributed by atoms with Crippen LogP contribution in [0.4, 0.5) is 5.69 Å². The third-order valence-electron chi connectivity index (χ3n) is 8.02. The summed E-state index contributed by atoms with van der Waals surface area (Å²) in [5.41, 5.74) is 1.75. The molecule has 0 bridgehead atoms. The highest BCUT2D eigenvalue weighted by molar-refractivity contribution is 6.32. The first kappa shape index (κ1) is 27.5. The number of hydrogen-bond acceptors (Lipinski definition) is 6. The second-order valence-corrected chi connectivity index (χ2v) is 11.6.